The summed E-state index contributed by atoms with van der Waals surface area (Å²) in [5.74, 6) is 13.6. The monoisotopic (exact) mass is 500 g/mol. The van der Waals surface area contributed by atoms with E-state index in [9.17, 15) is 0 Å². The summed E-state index contributed by atoms with van der Waals surface area (Å²) in [4.78, 5) is 6.78. The van der Waals surface area contributed by atoms with Crippen LogP contribution in [-0.2, 0) is 20.8 Å². The summed E-state index contributed by atoms with van der Waals surface area (Å²) in [5, 5.41) is 4.27. The molecule has 0 saturated carbocycles. The maximum absolute atomic E-state index is 6.09. The Morgan fingerprint density at radius 2 is 1.97 bits per heavy atom. The molecule has 0 spiro atoms. The van der Waals surface area contributed by atoms with Gasteiger partial charge in [0.2, 0.25) is 0 Å². The van der Waals surface area contributed by atoms with Gasteiger partial charge in [-0.2, -0.15) is 0 Å². The van der Waals surface area contributed by atoms with E-state index in [-0.39, 0.29) is 12.4 Å². The van der Waals surface area contributed by atoms with Crippen molar-refractivity contribution in [2.75, 3.05) is 39.5 Å². The van der Waals surface area contributed by atoms with Crippen LogP contribution in [0.3, 0.4) is 0 Å². The van der Waals surface area contributed by atoms with Crippen molar-refractivity contribution in [1.82, 2.24) is 19.6 Å². The van der Waals surface area contributed by atoms with Gasteiger partial charge in [0.1, 0.15) is 17.6 Å². The molecule has 1 aromatic carbocycles. The van der Waals surface area contributed by atoms with Crippen LogP contribution in [0.15, 0.2) is 47.2 Å². The molecule has 8 heteroatoms. The molecule has 0 radical (unpaired) electrons. The lowest BCUT2D eigenvalue weighted by Gasteiger charge is -2.26. The van der Waals surface area contributed by atoms with Gasteiger partial charge < -0.3 is 23.3 Å². The van der Waals surface area contributed by atoms with Gasteiger partial charge in [0.15, 0.2) is 12.1 Å². The standard InChI is InChI=1S/C29H32N4O4/c1-23(36-28-8-4-6-18-35-28)29-30-13-15-33(29)22-26-21-27(37-31-26)25-11-9-24(10-12-25)7-3-2-5-14-32-16-19-34-20-17-32/h9-13,15,21,23,28H,4,6,8,14,16-20,22H2,1H3/t23-,28?/m0/s1. The van der Waals surface area contributed by atoms with Crippen molar-refractivity contribution in [1.29, 1.82) is 0 Å². The van der Waals surface area contributed by atoms with Gasteiger partial charge in [-0.25, -0.2) is 4.98 Å². The molecule has 0 amide bonds. The highest BCUT2D eigenvalue weighted by atomic mass is 16.7. The number of ether oxygens (including phenoxy) is 3. The Morgan fingerprint density at radius 3 is 2.78 bits per heavy atom. The molecule has 3 aromatic rings. The third kappa shape index (κ3) is 7.09. The molecule has 4 heterocycles. The van der Waals surface area contributed by atoms with Gasteiger partial charge in [-0.05, 0) is 62.3 Å². The zero-order chi connectivity index (χ0) is 25.3. The van der Waals surface area contributed by atoms with Crippen LogP contribution in [-0.4, -0.2) is 65.4 Å². The van der Waals surface area contributed by atoms with Gasteiger partial charge in [0.25, 0.3) is 0 Å². The molecule has 192 valence electrons. The van der Waals surface area contributed by atoms with Crippen LogP contribution < -0.4 is 0 Å². The van der Waals surface area contributed by atoms with Gasteiger partial charge in [-0.3, -0.25) is 4.90 Å². The lowest BCUT2D eigenvalue weighted by atomic mass is 10.1. The van der Waals surface area contributed by atoms with E-state index in [0.717, 1.165) is 81.4 Å². The van der Waals surface area contributed by atoms with Gasteiger partial charge >= 0.3 is 0 Å². The third-order valence-electron chi connectivity index (χ3n) is 6.43. The Morgan fingerprint density at radius 1 is 1.11 bits per heavy atom. The van der Waals surface area contributed by atoms with Crippen molar-refractivity contribution in [3.63, 3.8) is 0 Å². The number of hydrogen-bond acceptors (Lipinski definition) is 7. The van der Waals surface area contributed by atoms with Crippen molar-refractivity contribution in [3.8, 4) is 35.0 Å². The topological polar surface area (TPSA) is 74.8 Å². The predicted molar refractivity (Wildman–Crippen MR) is 138 cm³/mol. The highest BCUT2D eigenvalue weighted by molar-refractivity contribution is 5.59. The van der Waals surface area contributed by atoms with Crippen LogP contribution in [0.1, 0.15) is 49.4 Å². The van der Waals surface area contributed by atoms with Crippen molar-refractivity contribution in [2.45, 2.75) is 45.1 Å². The molecule has 0 N–H and O–H groups in total. The Kier molecular flexibility index (Phi) is 8.68. The number of morpholine rings is 1. The zero-order valence-corrected chi connectivity index (χ0v) is 21.2. The molecule has 2 fully saturated rings. The van der Waals surface area contributed by atoms with E-state index in [1.54, 1.807) is 6.20 Å². The van der Waals surface area contributed by atoms with E-state index in [1.165, 1.54) is 0 Å². The van der Waals surface area contributed by atoms with Crippen LogP contribution in [0.4, 0.5) is 0 Å². The van der Waals surface area contributed by atoms with Crippen molar-refractivity contribution in [2.24, 2.45) is 0 Å². The Hall–Kier alpha value is -3.40. The second-order valence-corrected chi connectivity index (χ2v) is 9.19. The van der Waals surface area contributed by atoms with Gasteiger partial charge in [0.05, 0.1) is 26.3 Å². The summed E-state index contributed by atoms with van der Waals surface area (Å²) in [5.41, 5.74) is 2.66. The van der Waals surface area contributed by atoms with E-state index in [4.69, 9.17) is 18.7 Å². The van der Waals surface area contributed by atoms with Crippen LogP contribution in [0, 0.1) is 23.7 Å². The maximum atomic E-state index is 6.09. The molecular formula is C29H32N4O4. The molecule has 2 saturated heterocycles. The summed E-state index contributed by atoms with van der Waals surface area (Å²) < 4.78 is 24.8. The predicted octanol–water partition coefficient (Wildman–Crippen LogP) is 3.88. The lowest BCUT2D eigenvalue weighted by molar-refractivity contribution is -0.188. The smallest absolute Gasteiger partial charge is 0.167 e. The van der Waals surface area contributed by atoms with Crippen LogP contribution in [0.5, 0.6) is 0 Å². The fraction of sp³-hybridized carbons (Fsp3) is 0.448. The van der Waals surface area contributed by atoms with E-state index in [1.807, 2.05) is 48.0 Å². The molecule has 37 heavy (non-hydrogen) atoms. The van der Waals surface area contributed by atoms with Gasteiger partial charge in [0, 0.05) is 49.3 Å². The minimum absolute atomic E-state index is 0.164. The zero-order valence-electron chi connectivity index (χ0n) is 21.2. The Balaban J connectivity index is 1.16. The quantitative estimate of drug-likeness (QED) is 0.456. The van der Waals surface area contributed by atoms with Crippen molar-refractivity contribution >= 4 is 0 Å². The minimum Gasteiger partial charge on any atom is -0.379 e. The second-order valence-electron chi connectivity index (χ2n) is 9.19. The molecule has 0 aliphatic carbocycles. The SMILES string of the molecule is C[C@H](OC1CCCCO1)c1nccn1Cc1cc(-c2ccc(C#CC#CCN3CCOCC3)cc2)on1. The third-order valence-corrected chi connectivity index (χ3v) is 6.43. The average molecular weight is 501 g/mol. The first-order valence-corrected chi connectivity index (χ1v) is 12.9. The van der Waals surface area contributed by atoms with Crippen LogP contribution in [0.2, 0.25) is 0 Å². The minimum atomic E-state index is -0.179. The highest BCUT2D eigenvalue weighted by Crippen LogP contribution is 2.25. The van der Waals surface area contributed by atoms with E-state index >= 15 is 0 Å². The summed E-state index contributed by atoms with van der Waals surface area (Å²) >= 11 is 0. The average Bonchev–Trinajstić information content (AvgIpc) is 3.60. The van der Waals surface area contributed by atoms with E-state index < -0.39 is 0 Å². The second kappa shape index (κ2) is 12.7. The molecule has 1 unspecified atom stereocenters. The number of rotatable bonds is 7. The summed E-state index contributed by atoms with van der Waals surface area (Å²) in [7, 11) is 0. The first-order chi connectivity index (χ1) is 18.2. The Labute approximate surface area is 217 Å². The van der Waals surface area contributed by atoms with Crippen LogP contribution in [0.25, 0.3) is 11.3 Å². The maximum Gasteiger partial charge on any atom is 0.167 e. The summed E-state index contributed by atoms with van der Waals surface area (Å²) in [6, 6.07) is 9.86. The molecule has 2 aromatic heterocycles. The molecule has 2 aliphatic heterocycles. The number of aromatic nitrogens is 3. The molecule has 5 rings (SSSR count). The highest BCUT2D eigenvalue weighted by Gasteiger charge is 2.21. The van der Waals surface area contributed by atoms with Crippen molar-refractivity contribution < 1.29 is 18.7 Å². The molecule has 0 bridgehead atoms. The lowest BCUT2D eigenvalue weighted by Crippen LogP contribution is -2.36. The first kappa shape index (κ1) is 25.3. The molecule has 8 nitrogen and oxygen atoms in total. The van der Waals surface area contributed by atoms with Gasteiger partial charge in [-0.15, -0.1) is 0 Å². The summed E-state index contributed by atoms with van der Waals surface area (Å²) in [6.07, 6.45) is 6.52. The van der Waals surface area contributed by atoms with Crippen molar-refractivity contribution in [3.05, 3.63) is 59.8 Å². The number of imidazole rings is 1. The molecule has 2 aliphatic rings. The number of hydrogen-bond donors (Lipinski definition) is 0. The van der Waals surface area contributed by atoms with Gasteiger partial charge in [-0.1, -0.05) is 17.0 Å². The number of nitrogens with zero attached hydrogens (tertiary/aromatic N) is 4. The fourth-order valence-corrected chi connectivity index (χ4v) is 4.39. The number of benzene rings is 1. The molecular weight excluding hydrogens is 468 g/mol. The van der Waals surface area contributed by atoms with Crippen LogP contribution >= 0.6 is 0 Å². The Bertz CT molecular complexity index is 1260. The largest absolute Gasteiger partial charge is 0.379 e. The fourth-order valence-electron chi connectivity index (χ4n) is 4.39. The summed E-state index contributed by atoms with van der Waals surface area (Å²) in [6.45, 7) is 7.45. The first-order valence-electron chi connectivity index (χ1n) is 12.9. The van der Waals surface area contributed by atoms with E-state index in [0.29, 0.717) is 12.3 Å². The molecule has 2 atom stereocenters. The van der Waals surface area contributed by atoms with E-state index in [2.05, 4.69) is 38.7 Å². The normalized spacial score (nSPS) is 18.9.